The van der Waals surface area contributed by atoms with E-state index in [0.29, 0.717) is 0 Å². The minimum absolute atomic E-state index is 0. The van der Waals surface area contributed by atoms with E-state index in [9.17, 15) is 0 Å². The summed E-state index contributed by atoms with van der Waals surface area (Å²) in [6, 6.07) is 10.2. The number of nitrogens with two attached hydrogens (primary N) is 2. The van der Waals surface area contributed by atoms with E-state index < -0.39 is 5.66 Å². The van der Waals surface area contributed by atoms with Gasteiger partial charge < -0.3 is 11.5 Å². The normalized spacial score (nSPS) is 19.5. The molecule has 0 unspecified atom stereocenters. The van der Waals surface area contributed by atoms with E-state index in [1.165, 1.54) is 0 Å². The molecular weight excluding hydrogens is 232 g/mol. The van der Waals surface area contributed by atoms with Crippen molar-refractivity contribution >= 4 is 5.57 Å². The fourth-order valence-electron chi connectivity index (χ4n) is 2.90. The van der Waals surface area contributed by atoms with Gasteiger partial charge in [0.05, 0.1) is 5.66 Å². The predicted octanol–water partition coefficient (Wildman–Crippen LogP) is 3.70. The molecule has 1 aromatic rings. The van der Waals surface area contributed by atoms with Crippen LogP contribution in [0.1, 0.15) is 39.7 Å². The maximum atomic E-state index is 6.51. The highest BCUT2D eigenvalue weighted by molar-refractivity contribution is 5.76. The molecule has 0 saturated carbocycles. The monoisotopic (exact) mass is 258 g/mol. The van der Waals surface area contributed by atoms with Crippen LogP contribution in [0.5, 0.6) is 0 Å². The number of allylic oxidation sites excluding steroid dienone is 2. The van der Waals surface area contributed by atoms with Gasteiger partial charge in [-0.15, -0.1) is 0 Å². The van der Waals surface area contributed by atoms with Gasteiger partial charge in [-0.25, -0.2) is 0 Å². The van der Waals surface area contributed by atoms with E-state index in [1.54, 1.807) is 0 Å². The summed E-state index contributed by atoms with van der Waals surface area (Å²) in [4.78, 5) is 0. The smallest absolute Gasteiger partial charge is 0.0998 e. The fraction of sp³-hybridized carbons (Fsp3) is 0.412. The Kier molecular flexibility index (Phi) is 4.72. The molecule has 0 bridgehead atoms. The molecule has 2 heteroatoms. The van der Waals surface area contributed by atoms with Gasteiger partial charge in [0.1, 0.15) is 0 Å². The summed E-state index contributed by atoms with van der Waals surface area (Å²) in [5.41, 5.74) is 14.2. The summed E-state index contributed by atoms with van der Waals surface area (Å²) in [6.07, 6.45) is 8.18. The zero-order valence-corrected chi connectivity index (χ0v) is 11.2. The summed E-state index contributed by atoms with van der Waals surface area (Å²) in [5.74, 6) is 0. The Labute approximate surface area is 117 Å². The van der Waals surface area contributed by atoms with E-state index in [2.05, 4.69) is 38.1 Å². The Balaban J connectivity index is 0.00000180. The third-order valence-corrected chi connectivity index (χ3v) is 4.29. The number of hydrogen-bond donors (Lipinski definition) is 2. The van der Waals surface area contributed by atoms with Crippen LogP contribution in [0.4, 0.5) is 0 Å². The van der Waals surface area contributed by atoms with E-state index in [0.717, 1.165) is 24.0 Å². The van der Waals surface area contributed by atoms with Crippen LogP contribution in [-0.2, 0) is 0 Å². The van der Waals surface area contributed by atoms with Gasteiger partial charge in [0, 0.05) is 5.41 Å². The van der Waals surface area contributed by atoms with Gasteiger partial charge in [0.25, 0.3) is 0 Å². The maximum Gasteiger partial charge on any atom is 0.0998 e. The van der Waals surface area contributed by atoms with Crippen LogP contribution in [0, 0.1) is 5.41 Å². The minimum Gasteiger partial charge on any atom is -0.309 e. The summed E-state index contributed by atoms with van der Waals surface area (Å²) >= 11 is 0. The average molecular weight is 258 g/mol. The third kappa shape index (κ3) is 2.38. The minimum atomic E-state index is -0.813. The van der Waals surface area contributed by atoms with Crippen molar-refractivity contribution in [3.8, 4) is 0 Å². The second kappa shape index (κ2) is 5.72. The molecule has 0 fully saturated rings. The predicted molar refractivity (Wildman–Crippen MR) is 84.4 cm³/mol. The summed E-state index contributed by atoms with van der Waals surface area (Å²) < 4.78 is 0. The van der Waals surface area contributed by atoms with Crippen LogP contribution in [0.25, 0.3) is 5.57 Å². The zero-order chi connectivity index (χ0) is 13.2. The highest BCUT2D eigenvalue weighted by Gasteiger charge is 2.45. The third-order valence-electron chi connectivity index (χ3n) is 4.29. The van der Waals surface area contributed by atoms with Crippen LogP contribution >= 0.6 is 0 Å². The van der Waals surface area contributed by atoms with Crippen LogP contribution < -0.4 is 11.5 Å². The Morgan fingerprint density at radius 2 is 1.58 bits per heavy atom. The molecule has 0 saturated heterocycles. The van der Waals surface area contributed by atoms with E-state index in [4.69, 9.17) is 11.5 Å². The van der Waals surface area contributed by atoms with Gasteiger partial charge in [0.15, 0.2) is 0 Å². The molecular formula is C17H26N2. The van der Waals surface area contributed by atoms with Gasteiger partial charge in [-0.1, -0.05) is 69.8 Å². The topological polar surface area (TPSA) is 52.0 Å². The number of benzene rings is 1. The lowest BCUT2D eigenvalue weighted by molar-refractivity contribution is 0.222. The molecule has 1 aromatic carbocycles. The molecule has 0 heterocycles. The molecule has 19 heavy (non-hydrogen) atoms. The van der Waals surface area contributed by atoms with Gasteiger partial charge in [-0.05, 0) is 24.0 Å². The lowest BCUT2D eigenvalue weighted by Gasteiger charge is -2.47. The molecule has 2 rings (SSSR count). The first-order chi connectivity index (χ1) is 8.57. The molecule has 0 amide bonds. The first-order valence-electron chi connectivity index (χ1n) is 6.60. The van der Waals surface area contributed by atoms with Crippen molar-refractivity contribution < 1.29 is 0 Å². The molecule has 0 aliphatic heterocycles. The molecule has 104 valence electrons. The van der Waals surface area contributed by atoms with Gasteiger partial charge in [-0.3, -0.25) is 0 Å². The van der Waals surface area contributed by atoms with Crippen molar-refractivity contribution in [2.75, 3.05) is 0 Å². The van der Waals surface area contributed by atoms with Crippen molar-refractivity contribution in [2.45, 2.75) is 39.8 Å². The molecule has 4 N–H and O–H groups in total. The lowest BCUT2D eigenvalue weighted by Crippen LogP contribution is -2.62. The summed E-state index contributed by atoms with van der Waals surface area (Å²) in [5, 5.41) is 0. The molecule has 0 spiro atoms. The van der Waals surface area contributed by atoms with Crippen molar-refractivity contribution in [3.63, 3.8) is 0 Å². The Bertz CT molecular complexity index is 465. The first kappa shape index (κ1) is 15.7. The molecule has 2 nitrogen and oxygen atoms in total. The highest BCUT2D eigenvalue weighted by Crippen LogP contribution is 2.45. The summed E-state index contributed by atoms with van der Waals surface area (Å²) in [6.45, 7) is 4.30. The second-order valence-corrected chi connectivity index (χ2v) is 5.04. The van der Waals surface area contributed by atoms with Gasteiger partial charge >= 0.3 is 0 Å². The molecule has 1 aliphatic carbocycles. The quantitative estimate of drug-likeness (QED) is 0.812. The number of hydrogen-bond acceptors (Lipinski definition) is 2. The lowest BCUT2D eigenvalue weighted by atomic mass is 9.65. The van der Waals surface area contributed by atoms with Crippen molar-refractivity contribution in [1.29, 1.82) is 0 Å². The van der Waals surface area contributed by atoms with E-state index >= 15 is 0 Å². The van der Waals surface area contributed by atoms with Gasteiger partial charge in [-0.2, -0.15) is 0 Å². The standard InChI is InChI=1S/C16H22N2.CH4/c1-3-15(4-2)12-8-11-14(16(15,17)18)13-9-6-5-7-10-13;/h5-12H,3-4,17-18H2,1-2H3;1H4. The summed E-state index contributed by atoms with van der Waals surface area (Å²) in [7, 11) is 0. The van der Waals surface area contributed by atoms with Crippen LogP contribution in [0.2, 0.25) is 0 Å². The molecule has 0 radical (unpaired) electrons. The van der Waals surface area contributed by atoms with Crippen molar-refractivity contribution in [2.24, 2.45) is 16.9 Å². The van der Waals surface area contributed by atoms with Gasteiger partial charge in [0.2, 0.25) is 0 Å². The largest absolute Gasteiger partial charge is 0.309 e. The van der Waals surface area contributed by atoms with E-state index in [1.807, 2.05) is 24.3 Å². The van der Waals surface area contributed by atoms with E-state index in [-0.39, 0.29) is 12.8 Å². The van der Waals surface area contributed by atoms with Crippen molar-refractivity contribution in [3.05, 3.63) is 54.1 Å². The molecule has 1 aliphatic rings. The Morgan fingerprint density at radius 3 is 2.11 bits per heavy atom. The van der Waals surface area contributed by atoms with Crippen LogP contribution in [0.3, 0.4) is 0 Å². The average Bonchev–Trinajstić information content (AvgIpc) is 2.39. The Hall–Kier alpha value is -1.38. The first-order valence-corrected chi connectivity index (χ1v) is 6.60. The highest BCUT2D eigenvalue weighted by atomic mass is 15.0. The molecule has 0 aromatic heterocycles. The second-order valence-electron chi connectivity index (χ2n) is 5.04. The fourth-order valence-corrected chi connectivity index (χ4v) is 2.90. The maximum absolute atomic E-state index is 6.51. The SMILES string of the molecule is C.CCC1(CC)C=CC=C(c2ccccc2)C1(N)N. The number of rotatable bonds is 3. The Morgan fingerprint density at radius 1 is 1.00 bits per heavy atom. The molecule has 0 atom stereocenters. The van der Waals surface area contributed by atoms with Crippen LogP contribution in [-0.4, -0.2) is 5.66 Å². The van der Waals surface area contributed by atoms with Crippen molar-refractivity contribution in [1.82, 2.24) is 0 Å². The van der Waals surface area contributed by atoms with Crippen LogP contribution in [0.15, 0.2) is 48.6 Å². The zero-order valence-electron chi connectivity index (χ0n) is 11.2.